The molecular formula is C15H24NO3-. The number of carboxylic acids is 1. The average Bonchev–Trinajstić information content (AvgIpc) is 2.36. The number of nitrogens with one attached hydrogen (secondary N) is 1. The molecular weight excluding hydrogens is 242 g/mol. The molecule has 0 aromatic heterocycles. The third-order valence-corrected chi connectivity index (χ3v) is 3.99. The van der Waals surface area contributed by atoms with E-state index in [2.05, 4.69) is 12.2 Å². The fraction of sp³-hybridized carbons (Fsp3) is 0.733. The van der Waals surface area contributed by atoms with Crippen LogP contribution in [0.2, 0.25) is 0 Å². The molecule has 0 bridgehead atoms. The Hall–Kier alpha value is -1.32. The Morgan fingerprint density at radius 1 is 1.16 bits per heavy atom. The molecule has 0 aliphatic heterocycles. The largest absolute Gasteiger partial charge is 0.550 e. The van der Waals surface area contributed by atoms with Gasteiger partial charge in [0.1, 0.15) is 0 Å². The summed E-state index contributed by atoms with van der Waals surface area (Å²) in [6, 6.07) is 0. The number of unbranched alkanes of at least 4 members (excludes halogenated alkanes) is 2. The second-order valence-electron chi connectivity index (χ2n) is 5.50. The van der Waals surface area contributed by atoms with Gasteiger partial charge in [-0.05, 0) is 33.1 Å². The van der Waals surface area contributed by atoms with Gasteiger partial charge in [0.15, 0.2) is 0 Å². The first-order chi connectivity index (χ1) is 8.97. The highest BCUT2D eigenvalue weighted by Crippen LogP contribution is 2.33. The number of aliphatic carboxylic acids is 1. The summed E-state index contributed by atoms with van der Waals surface area (Å²) in [5.74, 6) is -2.41. The van der Waals surface area contributed by atoms with Crippen molar-refractivity contribution in [1.82, 2.24) is 5.32 Å². The molecule has 108 valence electrons. The normalized spacial score (nSPS) is 23.3. The quantitative estimate of drug-likeness (QED) is 0.583. The van der Waals surface area contributed by atoms with E-state index in [1.165, 1.54) is 0 Å². The van der Waals surface area contributed by atoms with Crippen LogP contribution in [-0.4, -0.2) is 18.4 Å². The molecule has 19 heavy (non-hydrogen) atoms. The SMILES string of the molecule is CCCCCNC(=O)[C@H]1CC(C)=C(C)C[C@@H]1C(=O)[O-]. The molecule has 1 aliphatic carbocycles. The molecule has 1 aliphatic rings. The van der Waals surface area contributed by atoms with Crippen LogP contribution in [0.25, 0.3) is 0 Å². The first-order valence-electron chi connectivity index (χ1n) is 7.11. The Kier molecular flexibility index (Phi) is 6.06. The highest BCUT2D eigenvalue weighted by Gasteiger charge is 2.33. The molecule has 0 saturated carbocycles. The van der Waals surface area contributed by atoms with Crippen molar-refractivity contribution in [3.63, 3.8) is 0 Å². The molecule has 0 heterocycles. The fourth-order valence-corrected chi connectivity index (χ4v) is 2.53. The third-order valence-electron chi connectivity index (χ3n) is 3.99. The van der Waals surface area contributed by atoms with Gasteiger partial charge in [0.2, 0.25) is 5.91 Å². The Labute approximate surface area is 115 Å². The zero-order chi connectivity index (χ0) is 14.4. The molecule has 1 N–H and O–H groups in total. The highest BCUT2D eigenvalue weighted by molar-refractivity contribution is 5.85. The molecule has 4 heteroatoms. The second-order valence-corrected chi connectivity index (χ2v) is 5.50. The van der Waals surface area contributed by atoms with Crippen LogP contribution in [0.4, 0.5) is 0 Å². The van der Waals surface area contributed by atoms with Crippen LogP contribution < -0.4 is 10.4 Å². The van der Waals surface area contributed by atoms with Crippen molar-refractivity contribution in [2.24, 2.45) is 11.8 Å². The molecule has 2 atom stereocenters. The van der Waals surface area contributed by atoms with Gasteiger partial charge in [-0.1, -0.05) is 30.9 Å². The Balaban J connectivity index is 2.62. The van der Waals surface area contributed by atoms with Crippen molar-refractivity contribution in [2.75, 3.05) is 6.54 Å². The highest BCUT2D eigenvalue weighted by atomic mass is 16.4. The number of hydrogen-bond donors (Lipinski definition) is 1. The van der Waals surface area contributed by atoms with Crippen molar-refractivity contribution < 1.29 is 14.7 Å². The van der Waals surface area contributed by atoms with Crippen LogP contribution in [-0.2, 0) is 9.59 Å². The predicted molar refractivity (Wildman–Crippen MR) is 72.1 cm³/mol. The van der Waals surface area contributed by atoms with Crippen molar-refractivity contribution in [3.05, 3.63) is 11.1 Å². The lowest BCUT2D eigenvalue weighted by molar-refractivity contribution is -0.313. The average molecular weight is 266 g/mol. The lowest BCUT2D eigenvalue weighted by Gasteiger charge is -2.32. The number of carbonyl (C=O) groups excluding carboxylic acids is 2. The van der Waals surface area contributed by atoms with Gasteiger partial charge in [0.05, 0.1) is 0 Å². The van der Waals surface area contributed by atoms with Gasteiger partial charge in [0.25, 0.3) is 0 Å². The summed E-state index contributed by atoms with van der Waals surface area (Å²) in [5.41, 5.74) is 2.20. The van der Waals surface area contributed by atoms with E-state index in [1.54, 1.807) is 0 Å². The number of amides is 1. The maximum absolute atomic E-state index is 12.1. The van der Waals surface area contributed by atoms with E-state index in [1.807, 2.05) is 13.8 Å². The Morgan fingerprint density at radius 2 is 1.74 bits per heavy atom. The molecule has 0 spiro atoms. The van der Waals surface area contributed by atoms with E-state index in [9.17, 15) is 14.7 Å². The minimum absolute atomic E-state index is 0.142. The molecule has 4 nitrogen and oxygen atoms in total. The monoisotopic (exact) mass is 266 g/mol. The standard InChI is InChI=1S/C15H25NO3/c1-4-5-6-7-16-14(17)12-8-10(2)11(3)9-13(12)15(18)19/h12-13H,4-9H2,1-3H3,(H,16,17)(H,18,19)/p-1/t12-,13-/m0/s1. The summed E-state index contributed by atoms with van der Waals surface area (Å²) in [4.78, 5) is 23.3. The summed E-state index contributed by atoms with van der Waals surface area (Å²) in [5, 5.41) is 14.0. The fourth-order valence-electron chi connectivity index (χ4n) is 2.53. The van der Waals surface area contributed by atoms with E-state index in [0.29, 0.717) is 19.4 Å². The van der Waals surface area contributed by atoms with Crippen LogP contribution in [0.3, 0.4) is 0 Å². The minimum atomic E-state index is -1.11. The number of allylic oxidation sites excluding steroid dienone is 2. The van der Waals surface area contributed by atoms with E-state index in [-0.39, 0.29) is 5.91 Å². The summed E-state index contributed by atoms with van der Waals surface area (Å²) in [6.45, 7) is 6.63. The minimum Gasteiger partial charge on any atom is -0.550 e. The molecule has 0 fully saturated rings. The smallest absolute Gasteiger partial charge is 0.224 e. The molecule has 0 unspecified atom stereocenters. The summed E-state index contributed by atoms with van der Waals surface area (Å²) in [7, 11) is 0. The lowest BCUT2D eigenvalue weighted by atomic mass is 9.76. The molecule has 0 saturated heterocycles. The molecule has 0 aromatic carbocycles. The molecule has 0 aromatic rings. The number of carboxylic acid groups (broad SMARTS) is 1. The van der Waals surface area contributed by atoms with Crippen molar-refractivity contribution in [3.8, 4) is 0 Å². The van der Waals surface area contributed by atoms with Gasteiger partial charge in [0, 0.05) is 24.3 Å². The van der Waals surface area contributed by atoms with Gasteiger partial charge in [-0.2, -0.15) is 0 Å². The van der Waals surface area contributed by atoms with Gasteiger partial charge in [-0.25, -0.2) is 0 Å². The van der Waals surface area contributed by atoms with Crippen LogP contribution in [0.1, 0.15) is 52.9 Å². The van der Waals surface area contributed by atoms with Crippen molar-refractivity contribution in [2.45, 2.75) is 52.9 Å². The number of hydrogen-bond acceptors (Lipinski definition) is 3. The van der Waals surface area contributed by atoms with E-state index < -0.39 is 17.8 Å². The molecule has 1 amide bonds. The zero-order valence-electron chi connectivity index (χ0n) is 12.1. The van der Waals surface area contributed by atoms with E-state index in [4.69, 9.17) is 0 Å². The summed E-state index contributed by atoms with van der Waals surface area (Å²) < 4.78 is 0. The van der Waals surface area contributed by atoms with E-state index >= 15 is 0 Å². The first kappa shape index (κ1) is 15.7. The lowest BCUT2D eigenvalue weighted by Crippen LogP contribution is -2.45. The van der Waals surface area contributed by atoms with Gasteiger partial charge < -0.3 is 15.2 Å². The van der Waals surface area contributed by atoms with Crippen LogP contribution in [0, 0.1) is 11.8 Å². The third kappa shape index (κ3) is 4.37. The van der Waals surface area contributed by atoms with Gasteiger partial charge >= 0.3 is 0 Å². The summed E-state index contributed by atoms with van der Waals surface area (Å²) >= 11 is 0. The predicted octanol–water partition coefficient (Wildman–Crippen LogP) is 1.41. The van der Waals surface area contributed by atoms with Crippen LogP contribution in [0.15, 0.2) is 11.1 Å². The molecule has 0 radical (unpaired) electrons. The summed E-state index contributed by atoms with van der Waals surface area (Å²) in [6.07, 6.45) is 4.08. The number of rotatable bonds is 6. The number of carbonyl (C=O) groups is 2. The maximum atomic E-state index is 12.1. The second kappa shape index (κ2) is 7.31. The van der Waals surface area contributed by atoms with Crippen molar-refractivity contribution in [1.29, 1.82) is 0 Å². The van der Waals surface area contributed by atoms with E-state index in [0.717, 1.165) is 30.4 Å². The zero-order valence-corrected chi connectivity index (χ0v) is 12.1. The van der Waals surface area contributed by atoms with Crippen molar-refractivity contribution >= 4 is 11.9 Å². The first-order valence-corrected chi connectivity index (χ1v) is 7.11. The van der Waals surface area contributed by atoms with Crippen LogP contribution >= 0.6 is 0 Å². The molecule has 1 rings (SSSR count). The maximum Gasteiger partial charge on any atom is 0.224 e. The Bertz CT molecular complexity index is 374. The van der Waals surface area contributed by atoms with Gasteiger partial charge in [-0.3, -0.25) is 4.79 Å². The van der Waals surface area contributed by atoms with Crippen LogP contribution in [0.5, 0.6) is 0 Å². The van der Waals surface area contributed by atoms with Gasteiger partial charge in [-0.15, -0.1) is 0 Å². The Morgan fingerprint density at radius 3 is 2.26 bits per heavy atom. The topological polar surface area (TPSA) is 69.2 Å².